The first-order chi connectivity index (χ1) is 6.57. The minimum absolute atomic E-state index is 0. The summed E-state index contributed by atoms with van der Waals surface area (Å²) in [6.45, 7) is 1.52. The van der Waals surface area contributed by atoms with Crippen LogP contribution < -0.4 is 5.32 Å². The smallest absolute Gasteiger partial charge is 0.247 e. The minimum atomic E-state index is -3.29. The molecule has 0 spiro atoms. The van der Waals surface area contributed by atoms with Gasteiger partial charge < -0.3 is 5.32 Å². The molecule has 15 heavy (non-hydrogen) atoms. The van der Waals surface area contributed by atoms with Gasteiger partial charge in [0.25, 0.3) is 0 Å². The summed E-state index contributed by atoms with van der Waals surface area (Å²) in [5.41, 5.74) is 1.84. The van der Waals surface area contributed by atoms with E-state index in [2.05, 4.69) is 15.3 Å². The van der Waals surface area contributed by atoms with E-state index in [1.165, 1.54) is 0 Å². The molecule has 1 N–H and O–H groups in total. The number of fused-ring (bicyclic) bond motifs is 1. The van der Waals surface area contributed by atoms with Gasteiger partial charge in [-0.15, -0.1) is 12.4 Å². The second-order valence-electron chi connectivity index (χ2n) is 3.32. The summed E-state index contributed by atoms with van der Waals surface area (Å²) < 4.78 is 22.3. The highest BCUT2D eigenvalue weighted by molar-refractivity contribution is 7.90. The molecule has 84 valence electrons. The Balaban J connectivity index is 0.00000112. The predicted molar refractivity (Wildman–Crippen MR) is 57.8 cm³/mol. The van der Waals surface area contributed by atoms with E-state index in [1.54, 1.807) is 6.20 Å². The maximum absolute atomic E-state index is 11.2. The molecule has 2 heterocycles. The molecule has 0 unspecified atom stereocenters. The molecule has 1 aliphatic heterocycles. The third-order valence-corrected chi connectivity index (χ3v) is 2.99. The van der Waals surface area contributed by atoms with Crippen LogP contribution in [0, 0.1) is 0 Å². The van der Waals surface area contributed by atoms with Crippen molar-refractivity contribution < 1.29 is 8.42 Å². The Morgan fingerprint density at radius 2 is 2.20 bits per heavy atom. The van der Waals surface area contributed by atoms with Crippen LogP contribution in [0.3, 0.4) is 0 Å². The molecule has 0 fully saturated rings. The lowest BCUT2D eigenvalue weighted by Crippen LogP contribution is -2.25. The van der Waals surface area contributed by atoms with Crippen molar-refractivity contribution in [1.29, 1.82) is 0 Å². The summed E-state index contributed by atoms with van der Waals surface area (Å²) in [4.78, 5) is 7.86. The van der Waals surface area contributed by atoms with Crippen molar-refractivity contribution in [3.63, 3.8) is 0 Å². The highest BCUT2D eigenvalue weighted by Gasteiger charge is 2.16. The van der Waals surface area contributed by atoms with E-state index in [9.17, 15) is 8.42 Å². The average molecular weight is 250 g/mol. The average Bonchev–Trinajstić information content (AvgIpc) is 2.16. The third kappa shape index (κ3) is 2.64. The number of nitrogens with zero attached hydrogens (tertiary/aromatic N) is 2. The van der Waals surface area contributed by atoms with Gasteiger partial charge in [0.05, 0.1) is 5.69 Å². The fourth-order valence-corrected chi connectivity index (χ4v) is 1.91. The molecule has 0 amide bonds. The summed E-state index contributed by atoms with van der Waals surface area (Å²) in [5, 5.41) is 3.05. The molecular formula is C8H12ClN3O2S. The Morgan fingerprint density at radius 3 is 2.87 bits per heavy atom. The van der Waals surface area contributed by atoms with Gasteiger partial charge in [-0.3, -0.25) is 0 Å². The molecule has 7 heteroatoms. The third-order valence-electron chi connectivity index (χ3n) is 2.13. The zero-order chi connectivity index (χ0) is 10.2. The fourth-order valence-electron chi connectivity index (χ4n) is 1.39. The lowest BCUT2D eigenvalue weighted by atomic mass is 10.1. The van der Waals surface area contributed by atoms with Crippen molar-refractivity contribution in [2.75, 3.05) is 12.8 Å². The van der Waals surface area contributed by atoms with E-state index in [4.69, 9.17) is 0 Å². The van der Waals surface area contributed by atoms with Crippen LogP contribution in [0.1, 0.15) is 11.3 Å². The van der Waals surface area contributed by atoms with Crippen LogP contribution in [0.25, 0.3) is 0 Å². The van der Waals surface area contributed by atoms with Gasteiger partial charge in [0.15, 0.2) is 0 Å². The van der Waals surface area contributed by atoms with Crippen LogP contribution >= 0.6 is 12.4 Å². The van der Waals surface area contributed by atoms with Crippen LogP contribution in [0.2, 0.25) is 0 Å². The van der Waals surface area contributed by atoms with Gasteiger partial charge in [0.2, 0.25) is 15.0 Å². The number of hydrogen-bond donors (Lipinski definition) is 1. The standard InChI is InChI=1S/C8H11N3O2S.ClH/c1-14(12,13)8-10-4-6-2-3-9-5-7(6)11-8;/h4,9H,2-3,5H2,1H3;1H. The van der Waals surface area contributed by atoms with Gasteiger partial charge in [-0.1, -0.05) is 0 Å². The number of hydrogen-bond acceptors (Lipinski definition) is 5. The molecule has 1 aliphatic rings. The first kappa shape index (κ1) is 12.4. The topological polar surface area (TPSA) is 72.0 Å². The molecule has 0 saturated heterocycles. The van der Waals surface area contributed by atoms with E-state index in [-0.39, 0.29) is 17.6 Å². The van der Waals surface area contributed by atoms with E-state index in [1.807, 2.05) is 0 Å². The van der Waals surface area contributed by atoms with Crippen molar-refractivity contribution in [2.24, 2.45) is 0 Å². The maximum atomic E-state index is 11.2. The quantitative estimate of drug-likeness (QED) is 0.707. The van der Waals surface area contributed by atoms with Crippen molar-refractivity contribution in [3.05, 3.63) is 17.5 Å². The van der Waals surface area contributed by atoms with Crippen molar-refractivity contribution >= 4 is 22.2 Å². The maximum Gasteiger partial charge on any atom is 0.247 e. The van der Waals surface area contributed by atoms with Crippen molar-refractivity contribution in [1.82, 2.24) is 15.3 Å². The van der Waals surface area contributed by atoms with Crippen LogP contribution in [0.4, 0.5) is 0 Å². The summed E-state index contributed by atoms with van der Waals surface area (Å²) in [5.74, 6) is 0. The number of halogens is 1. The Hall–Kier alpha value is -0.720. The SMILES string of the molecule is CS(=O)(=O)c1ncc2c(n1)CNCC2.Cl. The van der Waals surface area contributed by atoms with E-state index in [0.29, 0.717) is 6.54 Å². The molecule has 0 bridgehead atoms. The zero-order valence-corrected chi connectivity index (χ0v) is 9.86. The second kappa shape index (κ2) is 4.42. The highest BCUT2D eigenvalue weighted by Crippen LogP contribution is 2.12. The van der Waals surface area contributed by atoms with Crippen LogP contribution in [0.15, 0.2) is 11.4 Å². The molecule has 2 rings (SSSR count). The number of nitrogens with one attached hydrogen (secondary N) is 1. The molecule has 1 aromatic heterocycles. The van der Waals surface area contributed by atoms with Gasteiger partial charge >= 0.3 is 0 Å². The second-order valence-corrected chi connectivity index (χ2v) is 5.23. The number of sulfone groups is 1. The van der Waals surface area contributed by atoms with Gasteiger partial charge in [0, 0.05) is 19.0 Å². The predicted octanol–water partition coefficient (Wildman–Crippen LogP) is -0.0524. The van der Waals surface area contributed by atoms with Gasteiger partial charge in [-0.05, 0) is 18.5 Å². The molecule has 0 aromatic carbocycles. The monoisotopic (exact) mass is 249 g/mol. The fraction of sp³-hybridized carbons (Fsp3) is 0.500. The number of rotatable bonds is 1. The van der Waals surface area contributed by atoms with Crippen molar-refractivity contribution in [3.8, 4) is 0 Å². The van der Waals surface area contributed by atoms with Gasteiger partial charge in [-0.2, -0.15) is 0 Å². The zero-order valence-electron chi connectivity index (χ0n) is 8.23. The highest BCUT2D eigenvalue weighted by atomic mass is 35.5. The molecule has 0 aliphatic carbocycles. The lowest BCUT2D eigenvalue weighted by molar-refractivity contribution is 0.580. The number of aromatic nitrogens is 2. The summed E-state index contributed by atoms with van der Waals surface area (Å²) in [7, 11) is -3.29. The van der Waals surface area contributed by atoms with E-state index < -0.39 is 9.84 Å². The molecular weight excluding hydrogens is 238 g/mol. The molecule has 5 nitrogen and oxygen atoms in total. The summed E-state index contributed by atoms with van der Waals surface area (Å²) in [6, 6.07) is 0. The molecule has 1 aromatic rings. The first-order valence-corrected chi connectivity index (χ1v) is 6.22. The van der Waals surface area contributed by atoms with Gasteiger partial charge in [-0.25, -0.2) is 18.4 Å². The van der Waals surface area contributed by atoms with Crippen LogP contribution in [0.5, 0.6) is 0 Å². The van der Waals surface area contributed by atoms with Gasteiger partial charge in [0.1, 0.15) is 0 Å². The molecule has 0 radical (unpaired) electrons. The normalized spacial score (nSPS) is 15.3. The lowest BCUT2D eigenvalue weighted by Gasteiger charge is -2.15. The van der Waals surface area contributed by atoms with Crippen LogP contribution in [-0.2, 0) is 22.8 Å². The van der Waals surface area contributed by atoms with E-state index in [0.717, 1.165) is 30.5 Å². The van der Waals surface area contributed by atoms with Crippen molar-refractivity contribution in [2.45, 2.75) is 18.1 Å². The Kier molecular flexibility index (Phi) is 3.64. The molecule has 0 atom stereocenters. The van der Waals surface area contributed by atoms with Crippen LogP contribution in [-0.4, -0.2) is 31.2 Å². The summed E-state index contributed by atoms with van der Waals surface area (Å²) >= 11 is 0. The van der Waals surface area contributed by atoms with E-state index >= 15 is 0 Å². The summed E-state index contributed by atoms with van der Waals surface area (Å²) in [6.07, 6.45) is 3.59. The largest absolute Gasteiger partial charge is 0.311 e. The molecule has 0 saturated carbocycles. The Morgan fingerprint density at radius 1 is 1.47 bits per heavy atom. The minimum Gasteiger partial charge on any atom is -0.311 e. The first-order valence-electron chi connectivity index (χ1n) is 4.33. The Bertz CT molecular complexity index is 461. The Labute approximate surface area is 94.7 Å².